The van der Waals surface area contributed by atoms with E-state index in [0.29, 0.717) is 10.9 Å². The summed E-state index contributed by atoms with van der Waals surface area (Å²) in [4.78, 5) is 0. The Balaban J connectivity index is 1.41. The molecule has 4 aromatic carbocycles. The number of rotatable bonds is 6. The first-order chi connectivity index (χ1) is 17.2. The van der Waals surface area contributed by atoms with Gasteiger partial charge in [-0.15, -0.1) is 0 Å². The van der Waals surface area contributed by atoms with E-state index in [-0.39, 0.29) is 5.82 Å². The second-order valence-electron chi connectivity index (χ2n) is 8.92. The number of benzene rings is 4. The Hall–Kier alpha value is -3.81. The van der Waals surface area contributed by atoms with Crippen LogP contribution in [0.25, 0.3) is 10.8 Å². The third-order valence-electron chi connectivity index (χ3n) is 6.28. The molecule has 4 aromatic rings. The quantitative estimate of drug-likeness (QED) is 0.201. The molecule has 0 heterocycles. The summed E-state index contributed by atoms with van der Waals surface area (Å²) in [6, 6.07) is 25.9. The smallest absolute Gasteiger partial charge is 0.146 e. The standard InChI is InChI=1S/C34H31F/c1-3-5-6-7-8-27-9-11-28(12-10-27)13-14-29-15-17-30(18-16-29)19-21-31-22-23-32-25-26(4-2)20-24-33(32)34(31)35/h9-12,15-18,20,22-25H,3-8H2,1-2H3. The highest BCUT2D eigenvalue weighted by atomic mass is 19.1. The van der Waals surface area contributed by atoms with E-state index in [1.807, 2.05) is 48.5 Å². The van der Waals surface area contributed by atoms with Gasteiger partial charge < -0.3 is 0 Å². The molecule has 0 N–H and O–H groups in total. The maximum Gasteiger partial charge on any atom is 0.146 e. The van der Waals surface area contributed by atoms with Gasteiger partial charge in [0, 0.05) is 22.1 Å². The molecule has 0 amide bonds. The van der Waals surface area contributed by atoms with Crippen LogP contribution in [0.3, 0.4) is 0 Å². The summed E-state index contributed by atoms with van der Waals surface area (Å²) >= 11 is 0. The SMILES string of the molecule is CCCCCCc1ccc(C#Cc2ccc(C#Cc3ccc4cc(CC)ccc4c3F)cc2)cc1. The summed E-state index contributed by atoms with van der Waals surface area (Å²) in [7, 11) is 0. The molecule has 35 heavy (non-hydrogen) atoms. The van der Waals surface area contributed by atoms with Crippen molar-refractivity contribution in [3.8, 4) is 23.7 Å². The van der Waals surface area contributed by atoms with E-state index < -0.39 is 0 Å². The highest BCUT2D eigenvalue weighted by Gasteiger charge is 2.06. The van der Waals surface area contributed by atoms with E-state index in [4.69, 9.17) is 0 Å². The minimum Gasteiger partial charge on any atom is -0.205 e. The van der Waals surface area contributed by atoms with Crippen molar-refractivity contribution in [1.29, 1.82) is 0 Å². The van der Waals surface area contributed by atoms with Crippen molar-refractivity contribution in [2.75, 3.05) is 0 Å². The van der Waals surface area contributed by atoms with Gasteiger partial charge in [-0.25, -0.2) is 4.39 Å². The second-order valence-corrected chi connectivity index (χ2v) is 8.92. The van der Waals surface area contributed by atoms with Gasteiger partial charge in [0.25, 0.3) is 0 Å². The van der Waals surface area contributed by atoms with Crippen LogP contribution in [0.5, 0.6) is 0 Å². The number of fused-ring (bicyclic) bond motifs is 1. The van der Waals surface area contributed by atoms with Gasteiger partial charge in [-0.1, -0.05) is 93.2 Å². The second kappa shape index (κ2) is 12.1. The van der Waals surface area contributed by atoms with Crippen molar-refractivity contribution in [2.24, 2.45) is 0 Å². The van der Waals surface area contributed by atoms with E-state index in [1.54, 1.807) is 6.07 Å². The first-order valence-electron chi connectivity index (χ1n) is 12.6. The number of hydrogen-bond donors (Lipinski definition) is 0. The van der Waals surface area contributed by atoms with Crippen molar-refractivity contribution in [3.05, 3.63) is 118 Å². The molecule has 0 bridgehead atoms. The molecule has 1 heteroatoms. The third-order valence-corrected chi connectivity index (χ3v) is 6.28. The zero-order valence-corrected chi connectivity index (χ0v) is 20.6. The Morgan fingerprint density at radius 1 is 0.600 bits per heavy atom. The maximum absolute atomic E-state index is 14.9. The summed E-state index contributed by atoms with van der Waals surface area (Å²) in [5, 5.41) is 1.53. The molecule has 0 spiro atoms. The predicted molar refractivity (Wildman–Crippen MR) is 146 cm³/mol. The fourth-order valence-corrected chi connectivity index (χ4v) is 4.09. The van der Waals surface area contributed by atoms with Gasteiger partial charge in [-0.05, 0) is 78.2 Å². The first-order valence-corrected chi connectivity index (χ1v) is 12.6. The average Bonchev–Trinajstić information content (AvgIpc) is 2.90. The zero-order valence-electron chi connectivity index (χ0n) is 20.6. The normalized spacial score (nSPS) is 10.4. The van der Waals surface area contributed by atoms with E-state index in [0.717, 1.165) is 34.9 Å². The summed E-state index contributed by atoms with van der Waals surface area (Å²) in [6.45, 7) is 4.34. The molecule has 0 radical (unpaired) electrons. The van der Waals surface area contributed by atoms with Crippen LogP contribution in [0.4, 0.5) is 4.39 Å². The van der Waals surface area contributed by atoms with Gasteiger partial charge in [-0.2, -0.15) is 0 Å². The fraction of sp³-hybridized carbons (Fsp3) is 0.235. The van der Waals surface area contributed by atoms with Crippen LogP contribution >= 0.6 is 0 Å². The molecule has 0 aliphatic carbocycles. The van der Waals surface area contributed by atoms with Gasteiger partial charge in [0.1, 0.15) is 5.82 Å². The lowest BCUT2D eigenvalue weighted by Gasteiger charge is -2.04. The summed E-state index contributed by atoms with van der Waals surface area (Å²) in [5.74, 6) is 12.3. The Kier molecular flexibility index (Phi) is 8.38. The van der Waals surface area contributed by atoms with Gasteiger partial charge in [0.2, 0.25) is 0 Å². The average molecular weight is 459 g/mol. The van der Waals surface area contributed by atoms with Crippen molar-refractivity contribution >= 4 is 10.8 Å². The zero-order chi connectivity index (χ0) is 24.5. The van der Waals surface area contributed by atoms with E-state index in [1.165, 1.54) is 36.8 Å². The van der Waals surface area contributed by atoms with Gasteiger partial charge in [-0.3, -0.25) is 0 Å². The molecule has 0 saturated heterocycles. The molecule has 0 atom stereocenters. The number of hydrogen-bond acceptors (Lipinski definition) is 0. The summed E-state index contributed by atoms with van der Waals surface area (Å²) in [6.07, 6.45) is 7.21. The molecule has 0 saturated carbocycles. The molecular weight excluding hydrogens is 427 g/mol. The highest BCUT2D eigenvalue weighted by Crippen LogP contribution is 2.22. The van der Waals surface area contributed by atoms with Crippen LogP contribution in [-0.4, -0.2) is 0 Å². The fourth-order valence-electron chi connectivity index (χ4n) is 4.09. The van der Waals surface area contributed by atoms with Crippen LogP contribution in [-0.2, 0) is 12.8 Å². The van der Waals surface area contributed by atoms with Crippen LogP contribution < -0.4 is 0 Å². The largest absolute Gasteiger partial charge is 0.205 e. The summed E-state index contributed by atoms with van der Waals surface area (Å²) in [5.41, 5.74) is 5.78. The minimum absolute atomic E-state index is 0.257. The molecule has 0 aliphatic heterocycles. The molecule has 0 aromatic heterocycles. The van der Waals surface area contributed by atoms with Crippen molar-refractivity contribution in [2.45, 2.75) is 52.4 Å². The van der Waals surface area contributed by atoms with Crippen LogP contribution in [0.1, 0.15) is 72.9 Å². The van der Waals surface area contributed by atoms with Crippen molar-refractivity contribution in [3.63, 3.8) is 0 Å². The third kappa shape index (κ3) is 6.62. The summed E-state index contributed by atoms with van der Waals surface area (Å²) < 4.78 is 14.9. The van der Waals surface area contributed by atoms with E-state index in [9.17, 15) is 4.39 Å². The lowest BCUT2D eigenvalue weighted by Crippen LogP contribution is -1.88. The Bertz CT molecular complexity index is 1400. The predicted octanol–water partition coefficient (Wildman–Crippen LogP) is 8.46. The van der Waals surface area contributed by atoms with Crippen LogP contribution in [0.15, 0.2) is 78.9 Å². The number of halogens is 1. The van der Waals surface area contributed by atoms with Gasteiger partial charge in [0.15, 0.2) is 0 Å². The van der Waals surface area contributed by atoms with Gasteiger partial charge in [0.05, 0.1) is 5.56 Å². The maximum atomic E-state index is 14.9. The van der Waals surface area contributed by atoms with E-state index >= 15 is 0 Å². The lowest BCUT2D eigenvalue weighted by atomic mass is 10.0. The van der Waals surface area contributed by atoms with Crippen molar-refractivity contribution < 1.29 is 4.39 Å². The van der Waals surface area contributed by atoms with E-state index in [2.05, 4.69) is 61.8 Å². The lowest BCUT2D eigenvalue weighted by molar-refractivity contribution is 0.636. The Labute approximate surface area is 209 Å². The molecular formula is C34H31F. The molecule has 0 unspecified atom stereocenters. The van der Waals surface area contributed by atoms with Gasteiger partial charge >= 0.3 is 0 Å². The molecule has 4 rings (SSSR count). The van der Waals surface area contributed by atoms with Crippen molar-refractivity contribution in [1.82, 2.24) is 0 Å². The molecule has 174 valence electrons. The molecule has 0 fully saturated rings. The Morgan fingerprint density at radius 2 is 1.20 bits per heavy atom. The molecule has 0 nitrogen and oxygen atoms in total. The monoisotopic (exact) mass is 458 g/mol. The topological polar surface area (TPSA) is 0 Å². The Morgan fingerprint density at radius 3 is 1.83 bits per heavy atom. The first kappa shape index (κ1) is 24.3. The number of aryl methyl sites for hydroxylation is 2. The van der Waals surface area contributed by atoms with Crippen LogP contribution in [0, 0.1) is 29.5 Å². The van der Waals surface area contributed by atoms with Crippen LogP contribution in [0.2, 0.25) is 0 Å². The minimum atomic E-state index is -0.257. The molecule has 0 aliphatic rings. The number of unbranched alkanes of at least 4 members (excludes halogenated alkanes) is 3. The highest BCUT2D eigenvalue weighted by molar-refractivity contribution is 5.85.